The molecule has 112 valence electrons. The number of nitrogens with zero attached hydrogens (tertiary/aromatic N) is 3. The van der Waals surface area contributed by atoms with Crippen molar-refractivity contribution in [3.63, 3.8) is 0 Å². The third-order valence-electron chi connectivity index (χ3n) is 2.88. The van der Waals surface area contributed by atoms with Gasteiger partial charge in [0.05, 0.1) is 17.0 Å². The van der Waals surface area contributed by atoms with Crippen molar-refractivity contribution in [2.24, 2.45) is 7.05 Å². The molecular weight excluding hydrogens is 292 g/mol. The van der Waals surface area contributed by atoms with Crippen molar-refractivity contribution in [2.45, 2.75) is 6.92 Å². The topological polar surface area (TPSA) is 97.1 Å². The minimum Gasteiger partial charge on any atom is -0.481 e. The molecular formula is C13H16N4O3S. The Labute approximate surface area is 125 Å². The van der Waals surface area contributed by atoms with E-state index < -0.39 is 5.97 Å². The van der Waals surface area contributed by atoms with Crippen molar-refractivity contribution in [1.82, 2.24) is 20.1 Å². The Morgan fingerprint density at radius 3 is 2.95 bits per heavy atom. The van der Waals surface area contributed by atoms with Crippen LogP contribution in [0.2, 0.25) is 0 Å². The molecule has 21 heavy (non-hydrogen) atoms. The van der Waals surface area contributed by atoms with Crippen LogP contribution >= 0.6 is 11.8 Å². The van der Waals surface area contributed by atoms with E-state index in [1.54, 1.807) is 10.7 Å². The fraction of sp³-hybridized carbons (Fsp3) is 0.385. The molecule has 0 radical (unpaired) electrons. The second kappa shape index (κ2) is 6.57. The van der Waals surface area contributed by atoms with Crippen LogP contribution in [-0.4, -0.2) is 49.8 Å². The highest BCUT2D eigenvalue weighted by atomic mass is 32.2. The van der Waals surface area contributed by atoms with E-state index in [0.717, 1.165) is 16.7 Å². The number of rotatable bonds is 6. The number of thioether (sulfide) groups is 1. The Hall–Kier alpha value is -2.09. The van der Waals surface area contributed by atoms with Gasteiger partial charge in [-0.15, -0.1) is 11.8 Å². The van der Waals surface area contributed by atoms with Crippen molar-refractivity contribution in [3.05, 3.63) is 23.5 Å². The number of carbonyl (C=O) groups is 2. The molecule has 0 saturated heterocycles. The standard InChI is InChI=1S/C13H16N4O3S/c1-8-10-5-9(6-15-12(10)17(2)16-8)13(20)14-3-4-21-7-11(18)19/h5-6H,3-4,7H2,1-2H3,(H,14,20)(H,18,19). The zero-order valence-corrected chi connectivity index (χ0v) is 12.6. The van der Waals surface area contributed by atoms with E-state index in [0.29, 0.717) is 17.9 Å². The molecule has 1 amide bonds. The highest BCUT2D eigenvalue weighted by Gasteiger charge is 2.11. The number of carboxylic acid groups (broad SMARTS) is 1. The monoisotopic (exact) mass is 308 g/mol. The van der Waals surface area contributed by atoms with Gasteiger partial charge in [-0.05, 0) is 13.0 Å². The lowest BCUT2D eigenvalue weighted by molar-refractivity contribution is -0.133. The van der Waals surface area contributed by atoms with Gasteiger partial charge >= 0.3 is 5.97 Å². The number of nitrogens with one attached hydrogen (secondary N) is 1. The van der Waals surface area contributed by atoms with Crippen LogP contribution in [0.5, 0.6) is 0 Å². The second-order valence-corrected chi connectivity index (χ2v) is 5.61. The average molecular weight is 308 g/mol. The largest absolute Gasteiger partial charge is 0.481 e. The summed E-state index contributed by atoms with van der Waals surface area (Å²) in [6.45, 7) is 2.29. The zero-order chi connectivity index (χ0) is 15.4. The first-order chi connectivity index (χ1) is 9.99. The van der Waals surface area contributed by atoms with E-state index >= 15 is 0 Å². The molecule has 2 rings (SSSR count). The van der Waals surface area contributed by atoms with E-state index in [9.17, 15) is 9.59 Å². The predicted molar refractivity (Wildman–Crippen MR) is 80.5 cm³/mol. The Morgan fingerprint density at radius 1 is 1.48 bits per heavy atom. The first-order valence-electron chi connectivity index (χ1n) is 6.36. The van der Waals surface area contributed by atoms with Gasteiger partial charge in [0.15, 0.2) is 5.65 Å². The SMILES string of the molecule is Cc1nn(C)c2ncc(C(=O)NCCSCC(=O)O)cc12. The molecule has 0 aliphatic rings. The maximum atomic E-state index is 12.0. The fourth-order valence-corrected chi connectivity index (χ4v) is 2.50. The molecule has 2 aromatic rings. The Kier molecular flexibility index (Phi) is 4.79. The number of pyridine rings is 1. The van der Waals surface area contributed by atoms with Crippen LogP contribution in [-0.2, 0) is 11.8 Å². The van der Waals surface area contributed by atoms with Crippen LogP contribution < -0.4 is 5.32 Å². The van der Waals surface area contributed by atoms with E-state index in [1.807, 2.05) is 14.0 Å². The van der Waals surface area contributed by atoms with Crippen molar-refractivity contribution in [3.8, 4) is 0 Å². The molecule has 0 aromatic carbocycles. The number of aliphatic carboxylic acids is 1. The molecule has 0 saturated carbocycles. The van der Waals surface area contributed by atoms with Crippen molar-refractivity contribution >= 4 is 34.7 Å². The number of carbonyl (C=O) groups excluding carboxylic acids is 1. The summed E-state index contributed by atoms with van der Waals surface area (Å²) in [5.74, 6) is -0.477. The van der Waals surface area contributed by atoms with E-state index in [4.69, 9.17) is 5.11 Å². The van der Waals surface area contributed by atoms with Crippen LogP contribution in [0.3, 0.4) is 0 Å². The maximum absolute atomic E-state index is 12.0. The summed E-state index contributed by atoms with van der Waals surface area (Å²) >= 11 is 1.26. The predicted octanol–water partition coefficient (Wildman–Crippen LogP) is 0.824. The van der Waals surface area contributed by atoms with E-state index in [-0.39, 0.29) is 11.7 Å². The maximum Gasteiger partial charge on any atom is 0.313 e. The molecule has 0 aliphatic heterocycles. The summed E-state index contributed by atoms with van der Waals surface area (Å²) in [6, 6.07) is 1.77. The number of carboxylic acids is 1. The summed E-state index contributed by atoms with van der Waals surface area (Å²) in [6.07, 6.45) is 1.52. The lowest BCUT2D eigenvalue weighted by atomic mass is 10.2. The van der Waals surface area contributed by atoms with Gasteiger partial charge in [-0.1, -0.05) is 0 Å². The van der Waals surface area contributed by atoms with Crippen LogP contribution in [0, 0.1) is 6.92 Å². The molecule has 2 heterocycles. The molecule has 0 atom stereocenters. The van der Waals surface area contributed by atoms with Crippen LogP contribution in [0.1, 0.15) is 16.1 Å². The van der Waals surface area contributed by atoms with E-state index in [1.165, 1.54) is 18.0 Å². The number of hydrogen-bond acceptors (Lipinski definition) is 5. The number of fused-ring (bicyclic) bond motifs is 1. The summed E-state index contributed by atoms with van der Waals surface area (Å²) in [7, 11) is 1.81. The summed E-state index contributed by atoms with van der Waals surface area (Å²) < 4.78 is 1.68. The number of amides is 1. The molecule has 8 heteroatoms. The van der Waals surface area contributed by atoms with Crippen molar-refractivity contribution in [1.29, 1.82) is 0 Å². The molecule has 0 unspecified atom stereocenters. The van der Waals surface area contributed by atoms with Gasteiger partial charge in [-0.2, -0.15) is 5.10 Å². The molecule has 0 spiro atoms. The summed E-state index contributed by atoms with van der Waals surface area (Å²) in [5.41, 5.74) is 2.04. The van der Waals surface area contributed by atoms with Gasteiger partial charge in [0, 0.05) is 30.9 Å². The first-order valence-corrected chi connectivity index (χ1v) is 7.51. The van der Waals surface area contributed by atoms with Crippen molar-refractivity contribution < 1.29 is 14.7 Å². The van der Waals surface area contributed by atoms with Gasteiger partial charge in [-0.25, -0.2) is 4.98 Å². The highest BCUT2D eigenvalue weighted by Crippen LogP contribution is 2.16. The molecule has 0 fully saturated rings. The van der Waals surface area contributed by atoms with Gasteiger partial charge < -0.3 is 10.4 Å². The van der Waals surface area contributed by atoms with Gasteiger partial charge in [-0.3, -0.25) is 14.3 Å². The van der Waals surface area contributed by atoms with Gasteiger partial charge in [0.1, 0.15) is 0 Å². The van der Waals surface area contributed by atoms with Crippen LogP contribution in [0.4, 0.5) is 0 Å². The van der Waals surface area contributed by atoms with Crippen LogP contribution in [0.25, 0.3) is 11.0 Å². The molecule has 0 bridgehead atoms. The second-order valence-electron chi connectivity index (χ2n) is 4.51. The average Bonchev–Trinajstić information content (AvgIpc) is 2.72. The third-order valence-corrected chi connectivity index (χ3v) is 3.83. The number of hydrogen-bond donors (Lipinski definition) is 2. The molecule has 2 N–H and O–H groups in total. The van der Waals surface area contributed by atoms with Crippen molar-refractivity contribution in [2.75, 3.05) is 18.1 Å². The smallest absolute Gasteiger partial charge is 0.313 e. The van der Waals surface area contributed by atoms with Crippen LogP contribution in [0.15, 0.2) is 12.3 Å². The lowest BCUT2D eigenvalue weighted by Crippen LogP contribution is -2.26. The number of aromatic nitrogens is 3. The lowest BCUT2D eigenvalue weighted by Gasteiger charge is -2.04. The molecule has 0 aliphatic carbocycles. The van der Waals surface area contributed by atoms with E-state index in [2.05, 4.69) is 15.4 Å². The normalized spacial score (nSPS) is 10.8. The minimum absolute atomic E-state index is 0.0399. The Bertz CT molecular complexity index is 683. The zero-order valence-electron chi connectivity index (χ0n) is 11.8. The molecule has 2 aromatic heterocycles. The first kappa shape index (κ1) is 15.3. The Balaban J connectivity index is 1.96. The Morgan fingerprint density at radius 2 is 2.24 bits per heavy atom. The highest BCUT2D eigenvalue weighted by molar-refractivity contribution is 7.99. The summed E-state index contributed by atoms with van der Waals surface area (Å²) in [4.78, 5) is 26.6. The quantitative estimate of drug-likeness (QED) is 0.767. The van der Waals surface area contributed by atoms with Gasteiger partial charge in [0.2, 0.25) is 0 Å². The minimum atomic E-state index is -0.854. The van der Waals surface area contributed by atoms with Gasteiger partial charge in [0.25, 0.3) is 5.91 Å². The molecule has 7 nitrogen and oxygen atoms in total. The third kappa shape index (κ3) is 3.72. The summed E-state index contributed by atoms with van der Waals surface area (Å²) in [5, 5.41) is 16.4. The fourth-order valence-electron chi connectivity index (χ4n) is 1.93. The number of aryl methyl sites for hydroxylation is 2.